The summed E-state index contributed by atoms with van der Waals surface area (Å²) in [6.45, 7) is 5.28. The van der Waals surface area contributed by atoms with Crippen molar-refractivity contribution in [2.45, 2.75) is 51.7 Å². The highest BCUT2D eigenvalue weighted by Gasteiger charge is 2.43. The average Bonchev–Trinajstić information content (AvgIpc) is 3.04. The summed E-state index contributed by atoms with van der Waals surface area (Å²) in [5.74, 6) is -0.813. The van der Waals surface area contributed by atoms with E-state index in [1.165, 1.54) is 7.05 Å². The number of hydrogen-bond acceptors (Lipinski definition) is 5. The van der Waals surface area contributed by atoms with Crippen molar-refractivity contribution >= 4 is 22.0 Å². The second-order valence-electron chi connectivity index (χ2n) is 7.47. The molecule has 1 aromatic heterocycles. The molecule has 11 heteroatoms. The zero-order valence-corrected chi connectivity index (χ0v) is 17.3. The normalized spacial score (nSPS) is 26.3. The quantitative estimate of drug-likeness (QED) is 0.689. The van der Waals surface area contributed by atoms with Gasteiger partial charge in [-0.2, -0.15) is 22.5 Å². The Kier molecular flexibility index (Phi) is 5.78. The molecule has 3 rings (SSSR count). The van der Waals surface area contributed by atoms with Crippen molar-refractivity contribution in [2.24, 2.45) is 11.7 Å². The summed E-state index contributed by atoms with van der Waals surface area (Å²) in [5.41, 5.74) is 6.88. The zero-order valence-electron chi connectivity index (χ0n) is 16.5. The molecule has 1 aromatic rings. The Morgan fingerprint density at radius 1 is 1.32 bits per heavy atom. The molecule has 2 fully saturated rings. The number of nitrogens with zero attached hydrogens (tertiary/aromatic N) is 4. The first-order valence-electron chi connectivity index (χ1n) is 9.51. The van der Waals surface area contributed by atoms with Crippen LogP contribution in [-0.2, 0) is 26.3 Å². The van der Waals surface area contributed by atoms with Gasteiger partial charge in [-0.25, -0.2) is 0 Å². The van der Waals surface area contributed by atoms with Gasteiger partial charge in [0.1, 0.15) is 6.04 Å². The second-order valence-corrected chi connectivity index (χ2v) is 9.23. The molecule has 0 radical (unpaired) electrons. The summed E-state index contributed by atoms with van der Waals surface area (Å²) in [6.07, 6.45) is 3.16. The predicted molar refractivity (Wildman–Crippen MR) is 102 cm³/mol. The first-order valence-corrected chi connectivity index (χ1v) is 11.0. The van der Waals surface area contributed by atoms with E-state index in [0.717, 1.165) is 15.6 Å². The Balaban J connectivity index is 1.80. The van der Waals surface area contributed by atoms with Gasteiger partial charge in [-0.15, -0.1) is 0 Å². The first kappa shape index (κ1) is 20.7. The number of likely N-dealkylation sites (tertiary alicyclic amines) is 1. The number of amides is 2. The topological polar surface area (TPSA) is 131 Å². The van der Waals surface area contributed by atoms with Crippen LogP contribution in [0.1, 0.15) is 43.5 Å². The van der Waals surface area contributed by atoms with Gasteiger partial charge < -0.3 is 10.6 Å². The molecule has 2 aliphatic rings. The van der Waals surface area contributed by atoms with E-state index in [-0.39, 0.29) is 17.7 Å². The lowest BCUT2D eigenvalue weighted by atomic mass is 9.94. The van der Waals surface area contributed by atoms with E-state index >= 15 is 0 Å². The van der Waals surface area contributed by atoms with Gasteiger partial charge in [-0.05, 0) is 33.1 Å². The van der Waals surface area contributed by atoms with Gasteiger partial charge in [0, 0.05) is 44.4 Å². The van der Waals surface area contributed by atoms with Crippen LogP contribution in [-0.4, -0.2) is 65.4 Å². The molecule has 2 amide bonds. The summed E-state index contributed by atoms with van der Waals surface area (Å²) in [5, 5.41) is 4.38. The molecule has 28 heavy (non-hydrogen) atoms. The Bertz CT molecular complexity index is 859. The number of rotatable bonds is 4. The van der Waals surface area contributed by atoms with E-state index < -0.39 is 22.3 Å². The first-order chi connectivity index (χ1) is 13.1. The number of carbonyl (C=O) groups is 2. The fourth-order valence-electron chi connectivity index (χ4n) is 3.93. The monoisotopic (exact) mass is 412 g/mol. The van der Waals surface area contributed by atoms with Crippen molar-refractivity contribution in [3.05, 3.63) is 17.5 Å². The van der Waals surface area contributed by atoms with Crippen molar-refractivity contribution in [3.63, 3.8) is 0 Å². The Labute approximate surface area is 165 Å². The minimum Gasteiger partial charge on any atom is -0.369 e. The summed E-state index contributed by atoms with van der Waals surface area (Å²) in [6, 6.07) is -1.32. The summed E-state index contributed by atoms with van der Waals surface area (Å²) in [7, 11) is -2.39. The number of nitrogens with one attached hydrogen (secondary N) is 1. The molecule has 2 atom stereocenters. The van der Waals surface area contributed by atoms with Crippen molar-refractivity contribution in [3.8, 4) is 0 Å². The summed E-state index contributed by atoms with van der Waals surface area (Å²) < 4.78 is 30.8. The van der Waals surface area contributed by atoms with E-state index in [2.05, 4.69) is 9.82 Å². The molecule has 0 aliphatic carbocycles. The van der Waals surface area contributed by atoms with E-state index in [1.807, 2.05) is 20.0 Å². The third kappa shape index (κ3) is 3.91. The standard InChI is InChI=1S/C17H28N6O4S/c1-4-23-10-13(11(2)19-23)14-9-15(21(3)28(26,27)20-14)17(25)22-7-5-12(6-8-22)16(18)24/h10,12,14-15,20H,4-9H2,1-3H3,(H2,18,24)/t14-,15+/m0/s1. The Morgan fingerprint density at radius 3 is 2.50 bits per heavy atom. The number of nitrogens with two attached hydrogens (primary N) is 1. The maximum atomic E-state index is 13.1. The fraction of sp³-hybridized carbons (Fsp3) is 0.706. The van der Waals surface area contributed by atoms with Gasteiger partial charge in [-0.1, -0.05) is 0 Å². The molecule has 2 aliphatic heterocycles. The van der Waals surface area contributed by atoms with Crippen LogP contribution in [0.15, 0.2) is 6.20 Å². The van der Waals surface area contributed by atoms with E-state index in [4.69, 9.17) is 5.73 Å². The van der Waals surface area contributed by atoms with Crippen LogP contribution in [0.5, 0.6) is 0 Å². The molecule has 3 heterocycles. The van der Waals surface area contributed by atoms with Gasteiger partial charge >= 0.3 is 0 Å². The maximum absolute atomic E-state index is 13.1. The van der Waals surface area contributed by atoms with Crippen molar-refractivity contribution in [1.29, 1.82) is 0 Å². The predicted octanol–water partition coefficient (Wildman–Crippen LogP) is -0.485. The van der Waals surface area contributed by atoms with Crippen LogP contribution in [0.2, 0.25) is 0 Å². The van der Waals surface area contributed by atoms with Crippen LogP contribution in [0.25, 0.3) is 0 Å². The van der Waals surface area contributed by atoms with Crippen LogP contribution < -0.4 is 10.5 Å². The summed E-state index contributed by atoms with van der Waals surface area (Å²) >= 11 is 0. The highest BCUT2D eigenvalue weighted by Crippen LogP contribution is 2.31. The van der Waals surface area contributed by atoms with E-state index in [0.29, 0.717) is 38.9 Å². The number of primary amides is 1. The van der Waals surface area contributed by atoms with Gasteiger partial charge in [0.25, 0.3) is 10.2 Å². The van der Waals surface area contributed by atoms with Crippen molar-refractivity contribution in [1.82, 2.24) is 23.7 Å². The average molecular weight is 413 g/mol. The molecule has 0 spiro atoms. The molecule has 0 bridgehead atoms. The number of likely N-dealkylation sites (N-methyl/N-ethyl adjacent to an activating group) is 1. The van der Waals surface area contributed by atoms with Crippen molar-refractivity contribution in [2.75, 3.05) is 20.1 Å². The van der Waals surface area contributed by atoms with E-state index in [9.17, 15) is 18.0 Å². The second kappa shape index (κ2) is 7.80. The van der Waals surface area contributed by atoms with Gasteiger partial charge in [-0.3, -0.25) is 14.3 Å². The largest absolute Gasteiger partial charge is 0.369 e. The number of aromatic nitrogens is 2. The van der Waals surface area contributed by atoms with E-state index in [1.54, 1.807) is 9.58 Å². The Hall–Kier alpha value is -1.98. The lowest BCUT2D eigenvalue weighted by molar-refractivity contribution is -0.138. The smallest absolute Gasteiger partial charge is 0.280 e. The molecule has 10 nitrogen and oxygen atoms in total. The molecular formula is C17H28N6O4S. The maximum Gasteiger partial charge on any atom is 0.280 e. The molecule has 0 aromatic carbocycles. The van der Waals surface area contributed by atoms with Crippen LogP contribution in [0.4, 0.5) is 0 Å². The number of aryl methyl sites for hydroxylation is 2. The lowest BCUT2D eigenvalue weighted by Gasteiger charge is -2.40. The minimum absolute atomic E-state index is 0.228. The SMILES string of the molecule is CCn1cc([C@@H]2C[C@H](C(=O)N3CCC(C(N)=O)CC3)N(C)S(=O)(=O)N2)c(C)n1. The van der Waals surface area contributed by atoms with Gasteiger partial charge in [0.15, 0.2) is 0 Å². The molecular weight excluding hydrogens is 384 g/mol. The molecule has 0 unspecified atom stereocenters. The third-order valence-corrected chi connectivity index (χ3v) is 7.34. The minimum atomic E-state index is -3.81. The van der Waals surface area contributed by atoms with Crippen LogP contribution >= 0.6 is 0 Å². The number of hydrogen-bond donors (Lipinski definition) is 2. The van der Waals surface area contributed by atoms with Crippen molar-refractivity contribution < 1.29 is 18.0 Å². The molecule has 156 valence electrons. The highest BCUT2D eigenvalue weighted by molar-refractivity contribution is 7.87. The Morgan fingerprint density at radius 2 is 1.96 bits per heavy atom. The van der Waals surface area contributed by atoms with Crippen LogP contribution in [0.3, 0.4) is 0 Å². The zero-order chi connectivity index (χ0) is 20.6. The van der Waals surface area contributed by atoms with Crippen LogP contribution in [0, 0.1) is 12.8 Å². The highest BCUT2D eigenvalue weighted by atomic mass is 32.2. The van der Waals surface area contributed by atoms with Gasteiger partial charge in [0.2, 0.25) is 11.8 Å². The molecule has 2 saturated heterocycles. The molecule has 0 saturated carbocycles. The number of carbonyl (C=O) groups excluding carboxylic acids is 2. The molecule has 3 N–H and O–H groups in total. The summed E-state index contributed by atoms with van der Waals surface area (Å²) in [4.78, 5) is 26.1. The number of piperidine rings is 1. The van der Waals surface area contributed by atoms with Gasteiger partial charge in [0.05, 0.1) is 11.7 Å². The lowest BCUT2D eigenvalue weighted by Crippen LogP contribution is -2.58. The fourth-order valence-corrected chi connectivity index (χ4v) is 5.19. The third-order valence-electron chi connectivity index (χ3n) is 5.75.